The number of benzene rings is 2. The van der Waals surface area contributed by atoms with Gasteiger partial charge in [0.05, 0.1) is 11.5 Å². The zero-order valence-corrected chi connectivity index (χ0v) is 17.8. The number of ether oxygens (including phenoxy) is 1. The summed E-state index contributed by atoms with van der Waals surface area (Å²) in [5.74, 6) is -0.446. The molecular weight excluding hydrogens is 417 g/mol. The molecule has 5 nitrogen and oxygen atoms in total. The third kappa shape index (κ3) is 5.28. The zero-order chi connectivity index (χ0) is 21.2. The standard InChI is InChI=1S/C21H23ClFNO4S/c1-14-11-18(7-8-19(14)22)28-15(2)21(25)24(17-9-10-29(26,27)13-17)12-16-5-3-4-6-20(16)23/h3-8,11,15,17H,9-10,12-13H2,1-2H3/t15-,17+/m1/s1. The Balaban J connectivity index is 1.82. The van der Waals surface area contributed by atoms with Gasteiger partial charge in [-0.05, 0) is 50.1 Å². The molecule has 2 aromatic rings. The minimum atomic E-state index is -3.21. The second kappa shape index (κ2) is 8.71. The summed E-state index contributed by atoms with van der Waals surface area (Å²) in [7, 11) is -3.21. The van der Waals surface area contributed by atoms with Crippen LogP contribution in [0.5, 0.6) is 5.75 Å². The SMILES string of the molecule is Cc1cc(O[C@H](C)C(=O)N(Cc2ccccc2F)[C@H]2CCS(=O)(=O)C2)ccc1Cl. The van der Waals surface area contributed by atoms with E-state index in [0.717, 1.165) is 5.56 Å². The average molecular weight is 440 g/mol. The predicted molar refractivity (Wildman–Crippen MR) is 110 cm³/mol. The van der Waals surface area contributed by atoms with E-state index in [1.54, 1.807) is 43.3 Å². The minimum absolute atomic E-state index is 0.0148. The molecule has 0 saturated carbocycles. The minimum Gasteiger partial charge on any atom is -0.481 e. The maximum atomic E-state index is 14.2. The number of carbonyl (C=O) groups excluding carboxylic acids is 1. The first-order valence-electron chi connectivity index (χ1n) is 9.33. The third-order valence-electron chi connectivity index (χ3n) is 5.02. The van der Waals surface area contributed by atoms with Crippen molar-refractivity contribution in [1.82, 2.24) is 4.90 Å². The van der Waals surface area contributed by atoms with Gasteiger partial charge in [-0.3, -0.25) is 4.79 Å². The number of halogens is 2. The molecule has 2 atom stereocenters. The fourth-order valence-corrected chi connectivity index (χ4v) is 5.25. The lowest BCUT2D eigenvalue weighted by Gasteiger charge is -2.31. The van der Waals surface area contributed by atoms with Crippen LogP contribution < -0.4 is 4.74 Å². The monoisotopic (exact) mass is 439 g/mol. The molecule has 1 amide bonds. The molecule has 0 unspecified atom stereocenters. The van der Waals surface area contributed by atoms with Gasteiger partial charge in [0.2, 0.25) is 0 Å². The normalized spacial score (nSPS) is 19.0. The van der Waals surface area contributed by atoms with Gasteiger partial charge in [-0.2, -0.15) is 0 Å². The molecule has 1 saturated heterocycles. The number of hydrogen-bond donors (Lipinski definition) is 0. The van der Waals surface area contributed by atoms with Gasteiger partial charge < -0.3 is 9.64 Å². The average Bonchev–Trinajstić information content (AvgIpc) is 3.03. The van der Waals surface area contributed by atoms with E-state index in [0.29, 0.717) is 22.8 Å². The summed E-state index contributed by atoms with van der Waals surface area (Å²) >= 11 is 6.03. The van der Waals surface area contributed by atoms with Gasteiger partial charge in [0.1, 0.15) is 11.6 Å². The van der Waals surface area contributed by atoms with Crippen molar-refractivity contribution in [2.45, 2.75) is 39.0 Å². The summed E-state index contributed by atoms with van der Waals surface area (Å²) in [5.41, 5.74) is 1.15. The molecule has 8 heteroatoms. The first kappa shape index (κ1) is 21.6. The summed E-state index contributed by atoms with van der Waals surface area (Å²) in [5, 5.41) is 0.591. The Morgan fingerprint density at radius 3 is 2.66 bits per heavy atom. The van der Waals surface area contributed by atoms with Crippen LogP contribution in [-0.2, 0) is 21.2 Å². The summed E-state index contributed by atoms with van der Waals surface area (Å²) in [4.78, 5) is 14.6. The van der Waals surface area contributed by atoms with Gasteiger partial charge in [-0.25, -0.2) is 12.8 Å². The van der Waals surface area contributed by atoms with Crippen LogP contribution in [0.2, 0.25) is 5.02 Å². The van der Waals surface area contributed by atoms with Crippen molar-refractivity contribution < 1.29 is 22.3 Å². The molecule has 1 heterocycles. The maximum Gasteiger partial charge on any atom is 0.263 e. The largest absolute Gasteiger partial charge is 0.481 e. The van der Waals surface area contributed by atoms with Crippen molar-refractivity contribution in [3.05, 3.63) is 64.4 Å². The maximum absolute atomic E-state index is 14.2. The fraction of sp³-hybridized carbons (Fsp3) is 0.381. The second-order valence-electron chi connectivity index (χ2n) is 7.29. The topological polar surface area (TPSA) is 63.7 Å². The highest BCUT2D eigenvalue weighted by Gasteiger charge is 2.37. The number of hydrogen-bond acceptors (Lipinski definition) is 4. The van der Waals surface area contributed by atoms with E-state index in [2.05, 4.69) is 0 Å². The molecule has 0 aromatic heterocycles. The molecule has 0 N–H and O–H groups in total. The van der Waals surface area contributed by atoms with Crippen molar-refractivity contribution in [1.29, 1.82) is 0 Å². The Bertz CT molecular complexity index is 1010. The van der Waals surface area contributed by atoms with Crippen LogP contribution in [0.25, 0.3) is 0 Å². The molecule has 29 heavy (non-hydrogen) atoms. The molecule has 0 bridgehead atoms. The van der Waals surface area contributed by atoms with Crippen molar-refractivity contribution in [3.63, 3.8) is 0 Å². The highest BCUT2D eigenvalue weighted by Crippen LogP contribution is 2.25. The van der Waals surface area contributed by atoms with Crippen LogP contribution in [-0.4, -0.2) is 42.9 Å². The van der Waals surface area contributed by atoms with Crippen LogP contribution >= 0.6 is 11.6 Å². The molecule has 1 fully saturated rings. The van der Waals surface area contributed by atoms with E-state index in [9.17, 15) is 17.6 Å². The number of sulfone groups is 1. The van der Waals surface area contributed by atoms with Gasteiger partial charge in [-0.15, -0.1) is 0 Å². The highest BCUT2D eigenvalue weighted by molar-refractivity contribution is 7.91. The van der Waals surface area contributed by atoms with E-state index in [-0.39, 0.29) is 24.0 Å². The van der Waals surface area contributed by atoms with Gasteiger partial charge >= 0.3 is 0 Å². The van der Waals surface area contributed by atoms with Crippen LogP contribution in [0.15, 0.2) is 42.5 Å². The van der Waals surface area contributed by atoms with E-state index < -0.39 is 27.8 Å². The van der Waals surface area contributed by atoms with E-state index in [4.69, 9.17) is 16.3 Å². The number of rotatable bonds is 6. The third-order valence-corrected chi connectivity index (χ3v) is 7.20. The van der Waals surface area contributed by atoms with Crippen molar-refractivity contribution in [2.75, 3.05) is 11.5 Å². The molecule has 156 valence electrons. The van der Waals surface area contributed by atoms with Gasteiger partial charge in [0, 0.05) is 23.2 Å². The zero-order valence-electron chi connectivity index (χ0n) is 16.3. The smallest absolute Gasteiger partial charge is 0.263 e. The lowest BCUT2D eigenvalue weighted by atomic mass is 10.1. The van der Waals surface area contributed by atoms with Crippen molar-refractivity contribution in [3.8, 4) is 5.75 Å². The summed E-state index contributed by atoms with van der Waals surface area (Å²) in [6.07, 6.45) is -0.541. The Kier molecular flexibility index (Phi) is 6.49. The van der Waals surface area contributed by atoms with Gasteiger partial charge in [-0.1, -0.05) is 29.8 Å². The van der Waals surface area contributed by atoms with Crippen LogP contribution in [0, 0.1) is 12.7 Å². The molecule has 0 radical (unpaired) electrons. The van der Waals surface area contributed by atoms with Gasteiger partial charge in [0.15, 0.2) is 15.9 Å². The van der Waals surface area contributed by atoms with Crippen molar-refractivity contribution >= 4 is 27.3 Å². The van der Waals surface area contributed by atoms with Crippen LogP contribution in [0.1, 0.15) is 24.5 Å². The molecule has 0 spiro atoms. The van der Waals surface area contributed by atoms with Crippen LogP contribution in [0.4, 0.5) is 4.39 Å². The fourth-order valence-electron chi connectivity index (χ4n) is 3.40. The molecule has 3 rings (SSSR count). The summed E-state index contributed by atoms with van der Waals surface area (Å²) in [6, 6.07) is 10.7. The van der Waals surface area contributed by atoms with Crippen molar-refractivity contribution in [2.24, 2.45) is 0 Å². The number of aryl methyl sites for hydroxylation is 1. The summed E-state index contributed by atoms with van der Waals surface area (Å²) in [6.45, 7) is 3.42. The lowest BCUT2D eigenvalue weighted by molar-refractivity contribution is -0.140. The predicted octanol–water partition coefficient (Wildman–Crippen LogP) is 3.77. The number of carbonyl (C=O) groups is 1. The first-order chi connectivity index (χ1) is 13.7. The summed E-state index contributed by atoms with van der Waals surface area (Å²) < 4.78 is 43.9. The number of amides is 1. The van der Waals surface area contributed by atoms with Gasteiger partial charge in [0.25, 0.3) is 5.91 Å². The lowest BCUT2D eigenvalue weighted by Crippen LogP contribution is -2.46. The Morgan fingerprint density at radius 2 is 2.03 bits per heavy atom. The Labute approximate surface area is 175 Å². The van der Waals surface area contributed by atoms with E-state index >= 15 is 0 Å². The van der Waals surface area contributed by atoms with E-state index in [1.165, 1.54) is 11.0 Å². The quantitative estimate of drug-likeness (QED) is 0.687. The van der Waals surface area contributed by atoms with E-state index in [1.807, 2.05) is 6.92 Å². The molecule has 1 aliphatic heterocycles. The number of nitrogens with zero attached hydrogens (tertiary/aromatic N) is 1. The molecule has 2 aromatic carbocycles. The molecule has 0 aliphatic carbocycles. The molecule has 1 aliphatic rings. The Hall–Kier alpha value is -2.12. The molecular formula is C21H23ClFNO4S. The first-order valence-corrected chi connectivity index (χ1v) is 11.5. The Morgan fingerprint density at radius 1 is 1.31 bits per heavy atom. The van der Waals surface area contributed by atoms with Crippen LogP contribution in [0.3, 0.4) is 0 Å². The highest BCUT2D eigenvalue weighted by atomic mass is 35.5. The second-order valence-corrected chi connectivity index (χ2v) is 9.92.